The van der Waals surface area contributed by atoms with Crippen molar-refractivity contribution in [2.75, 3.05) is 45.2 Å². The molecule has 0 aliphatic carbocycles. The van der Waals surface area contributed by atoms with Gasteiger partial charge in [0.2, 0.25) is 5.91 Å². The number of rotatable bonds is 9. The third-order valence-corrected chi connectivity index (χ3v) is 5.21. The van der Waals surface area contributed by atoms with Crippen LogP contribution in [0.1, 0.15) is 12.0 Å². The van der Waals surface area contributed by atoms with E-state index in [0.29, 0.717) is 18.0 Å². The molecule has 2 heterocycles. The van der Waals surface area contributed by atoms with Crippen LogP contribution in [0.2, 0.25) is 0 Å². The van der Waals surface area contributed by atoms with E-state index < -0.39 is 11.9 Å². The Hall–Kier alpha value is -2.97. The van der Waals surface area contributed by atoms with E-state index in [1.807, 2.05) is 12.3 Å². The molecule has 1 aliphatic heterocycles. The fraction of sp³-hybridized carbons (Fsp3) is 0.409. The minimum atomic E-state index is -0.950. The van der Waals surface area contributed by atoms with Gasteiger partial charge in [0, 0.05) is 69.8 Å². The van der Waals surface area contributed by atoms with Crippen molar-refractivity contribution in [3.8, 4) is 5.75 Å². The van der Waals surface area contributed by atoms with Crippen molar-refractivity contribution in [2.24, 2.45) is 5.92 Å². The lowest BCUT2D eigenvalue weighted by Crippen LogP contribution is -2.48. The van der Waals surface area contributed by atoms with Crippen LogP contribution in [0, 0.1) is 5.92 Å². The molecular formula is C22H28N4O4. The van der Waals surface area contributed by atoms with E-state index in [1.165, 1.54) is 5.56 Å². The normalized spacial score (nSPS) is 16.0. The maximum Gasteiger partial charge on any atom is 0.308 e. The van der Waals surface area contributed by atoms with Gasteiger partial charge in [-0.25, -0.2) is 0 Å². The molecule has 1 atom stereocenters. The van der Waals surface area contributed by atoms with Gasteiger partial charge in [0.15, 0.2) is 0 Å². The van der Waals surface area contributed by atoms with Gasteiger partial charge in [0.25, 0.3) is 0 Å². The first-order valence-electron chi connectivity index (χ1n) is 10.0. The standard InChI is InChI=1S/C22H28N4O4/c1-30-20-6-2-5-19(13-20)24-21(27)12-18(22(28)29)16-26-10-8-25(9-11-26)15-17-4-3-7-23-14-17/h2-7,13-14,18H,8-12,15-16H2,1H3,(H,24,27)(H,28,29)/t18-/m1/s1. The zero-order valence-electron chi connectivity index (χ0n) is 17.2. The molecule has 1 aliphatic rings. The van der Waals surface area contributed by atoms with Gasteiger partial charge >= 0.3 is 5.97 Å². The Balaban J connectivity index is 1.47. The van der Waals surface area contributed by atoms with Crippen molar-refractivity contribution < 1.29 is 19.4 Å². The second kappa shape index (κ2) is 10.7. The van der Waals surface area contributed by atoms with Crippen molar-refractivity contribution in [1.82, 2.24) is 14.8 Å². The van der Waals surface area contributed by atoms with Gasteiger partial charge in [-0.1, -0.05) is 12.1 Å². The highest BCUT2D eigenvalue weighted by Gasteiger charge is 2.26. The van der Waals surface area contributed by atoms with E-state index in [-0.39, 0.29) is 12.3 Å². The molecule has 1 fully saturated rings. The average Bonchev–Trinajstić information content (AvgIpc) is 2.75. The topological polar surface area (TPSA) is 95.0 Å². The summed E-state index contributed by atoms with van der Waals surface area (Å²) in [7, 11) is 1.55. The number of nitrogens with one attached hydrogen (secondary N) is 1. The number of amides is 1. The van der Waals surface area contributed by atoms with Gasteiger partial charge in [-0.2, -0.15) is 0 Å². The zero-order chi connectivity index (χ0) is 21.3. The van der Waals surface area contributed by atoms with Crippen molar-refractivity contribution in [2.45, 2.75) is 13.0 Å². The number of ether oxygens (including phenoxy) is 1. The summed E-state index contributed by atoms with van der Waals surface area (Å²) in [6.45, 7) is 4.48. The van der Waals surface area contributed by atoms with Crippen LogP contribution in [0.15, 0.2) is 48.8 Å². The van der Waals surface area contributed by atoms with Crippen LogP contribution in [0.3, 0.4) is 0 Å². The summed E-state index contributed by atoms with van der Waals surface area (Å²) in [5, 5.41) is 12.4. The molecule has 160 valence electrons. The number of carbonyl (C=O) groups is 2. The van der Waals surface area contributed by atoms with E-state index in [9.17, 15) is 14.7 Å². The number of aromatic nitrogens is 1. The number of aliphatic carboxylic acids is 1. The fourth-order valence-electron chi connectivity index (χ4n) is 3.56. The molecule has 2 aromatic rings. The zero-order valence-corrected chi connectivity index (χ0v) is 17.2. The van der Waals surface area contributed by atoms with Crippen molar-refractivity contribution in [1.29, 1.82) is 0 Å². The molecule has 8 nitrogen and oxygen atoms in total. The van der Waals surface area contributed by atoms with Crippen LogP contribution in [0.5, 0.6) is 5.75 Å². The van der Waals surface area contributed by atoms with Crippen LogP contribution in [0.4, 0.5) is 5.69 Å². The predicted octanol–water partition coefficient (Wildman–Crippen LogP) is 1.94. The molecule has 1 saturated heterocycles. The van der Waals surface area contributed by atoms with Crippen LogP contribution in [-0.2, 0) is 16.1 Å². The van der Waals surface area contributed by atoms with E-state index >= 15 is 0 Å². The monoisotopic (exact) mass is 412 g/mol. The highest BCUT2D eigenvalue weighted by molar-refractivity contribution is 5.93. The number of methoxy groups -OCH3 is 1. The van der Waals surface area contributed by atoms with Gasteiger partial charge < -0.3 is 15.2 Å². The summed E-state index contributed by atoms with van der Waals surface area (Å²) in [6.07, 6.45) is 3.56. The van der Waals surface area contributed by atoms with Crippen molar-refractivity contribution in [3.05, 3.63) is 54.4 Å². The molecule has 30 heavy (non-hydrogen) atoms. The third kappa shape index (κ3) is 6.53. The molecule has 0 saturated carbocycles. The quantitative estimate of drug-likeness (QED) is 0.650. The molecule has 3 rings (SSSR count). The number of carboxylic acids is 1. The highest BCUT2D eigenvalue weighted by atomic mass is 16.5. The van der Waals surface area contributed by atoms with Gasteiger partial charge in [-0.05, 0) is 23.8 Å². The van der Waals surface area contributed by atoms with Crippen molar-refractivity contribution >= 4 is 17.6 Å². The molecule has 1 aromatic carbocycles. The maximum absolute atomic E-state index is 12.4. The number of piperazine rings is 1. The van der Waals surface area contributed by atoms with Gasteiger partial charge in [-0.15, -0.1) is 0 Å². The Bertz CT molecular complexity index is 838. The molecule has 2 N–H and O–H groups in total. The number of nitrogens with zero attached hydrogens (tertiary/aromatic N) is 3. The number of hydrogen-bond donors (Lipinski definition) is 2. The molecule has 0 bridgehead atoms. The van der Waals surface area contributed by atoms with E-state index in [4.69, 9.17) is 4.74 Å². The third-order valence-electron chi connectivity index (χ3n) is 5.21. The predicted molar refractivity (Wildman–Crippen MR) is 113 cm³/mol. The molecule has 0 radical (unpaired) electrons. The summed E-state index contributed by atoms with van der Waals surface area (Å²) in [4.78, 5) is 32.7. The summed E-state index contributed by atoms with van der Waals surface area (Å²) >= 11 is 0. The first kappa shape index (κ1) is 21.7. The van der Waals surface area contributed by atoms with Gasteiger partial charge in [-0.3, -0.25) is 24.4 Å². The average molecular weight is 412 g/mol. The van der Waals surface area contributed by atoms with E-state index in [2.05, 4.69) is 26.2 Å². The summed E-state index contributed by atoms with van der Waals surface area (Å²) in [6, 6.07) is 11.0. The number of pyridine rings is 1. The lowest BCUT2D eigenvalue weighted by molar-refractivity contribution is -0.144. The number of anilines is 1. The Morgan fingerprint density at radius 3 is 2.60 bits per heavy atom. The number of carbonyl (C=O) groups excluding carboxylic acids is 1. The maximum atomic E-state index is 12.4. The second-order valence-electron chi connectivity index (χ2n) is 7.46. The minimum Gasteiger partial charge on any atom is -0.497 e. The number of benzene rings is 1. The molecule has 0 unspecified atom stereocenters. The van der Waals surface area contributed by atoms with Crippen LogP contribution in [0.25, 0.3) is 0 Å². The molecular weight excluding hydrogens is 384 g/mol. The lowest BCUT2D eigenvalue weighted by atomic mass is 10.0. The van der Waals surface area contributed by atoms with Crippen LogP contribution >= 0.6 is 0 Å². The first-order chi connectivity index (χ1) is 14.5. The Labute approximate surface area is 176 Å². The van der Waals surface area contributed by atoms with Crippen molar-refractivity contribution in [3.63, 3.8) is 0 Å². The largest absolute Gasteiger partial charge is 0.497 e. The minimum absolute atomic E-state index is 0.0670. The molecule has 1 amide bonds. The molecule has 8 heteroatoms. The number of hydrogen-bond acceptors (Lipinski definition) is 6. The summed E-state index contributed by atoms with van der Waals surface area (Å²) in [5.74, 6) is -1.38. The lowest BCUT2D eigenvalue weighted by Gasteiger charge is -2.35. The Kier molecular flexibility index (Phi) is 7.75. The first-order valence-corrected chi connectivity index (χ1v) is 10.0. The van der Waals surface area contributed by atoms with Crippen LogP contribution in [-0.4, -0.2) is 71.6 Å². The Morgan fingerprint density at radius 2 is 1.93 bits per heavy atom. The fourth-order valence-corrected chi connectivity index (χ4v) is 3.56. The summed E-state index contributed by atoms with van der Waals surface area (Å²) < 4.78 is 5.14. The smallest absolute Gasteiger partial charge is 0.308 e. The van der Waals surface area contributed by atoms with E-state index in [1.54, 1.807) is 37.6 Å². The van der Waals surface area contributed by atoms with Gasteiger partial charge in [0.05, 0.1) is 13.0 Å². The molecule has 0 spiro atoms. The SMILES string of the molecule is COc1cccc(NC(=O)C[C@H](CN2CCN(Cc3cccnc3)CC2)C(=O)O)c1. The van der Waals surface area contributed by atoms with Gasteiger partial charge in [0.1, 0.15) is 5.75 Å². The highest BCUT2D eigenvalue weighted by Crippen LogP contribution is 2.18. The summed E-state index contributed by atoms with van der Waals surface area (Å²) in [5.41, 5.74) is 1.76. The van der Waals surface area contributed by atoms with E-state index in [0.717, 1.165) is 32.7 Å². The second-order valence-corrected chi connectivity index (χ2v) is 7.46. The number of carboxylic acid groups (broad SMARTS) is 1. The Morgan fingerprint density at radius 1 is 1.17 bits per heavy atom. The molecule has 1 aromatic heterocycles. The van der Waals surface area contributed by atoms with Crippen LogP contribution < -0.4 is 10.1 Å².